The summed E-state index contributed by atoms with van der Waals surface area (Å²) in [5, 5.41) is 17.3. The monoisotopic (exact) mass is 318 g/mol. The molecule has 8 heteroatoms. The molecule has 1 aromatic heterocycles. The molecule has 1 amide bonds. The SMILES string of the molecule is CCCc1noc(CCC(=O)Nc2cc([N+](=O)[O-])ccc2C)n1. The summed E-state index contributed by atoms with van der Waals surface area (Å²) >= 11 is 0. The van der Waals surface area contributed by atoms with Gasteiger partial charge in [0.1, 0.15) is 0 Å². The Morgan fingerprint density at radius 3 is 2.87 bits per heavy atom. The van der Waals surface area contributed by atoms with E-state index in [1.807, 2.05) is 6.92 Å². The summed E-state index contributed by atoms with van der Waals surface area (Å²) < 4.78 is 5.06. The van der Waals surface area contributed by atoms with Gasteiger partial charge in [-0.05, 0) is 18.9 Å². The maximum Gasteiger partial charge on any atom is 0.271 e. The van der Waals surface area contributed by atoms with E-state index in [9.17, 15) is 14.9 Å². The molecular weight excluding hydrogens is 300 g/mol. The number of carbonyl (C=O) groups excluding carboxylic acids is 1. The number of rotatable bonds is 7. The third-order valence-corrected chi connectivity index (χ3v) is 3.26. The number of carbonyl (C=O) groups is 1. The molecule has 2 rings (SSSR count). The lowest BCUT2D eigenvalue weighted by Gasteiger charge is -2.07. The molecule has 2 aromatic rings. The number of aryl methyl sites for hydroxylation is 3. The van der Waals surface area contributed by atoms with Gasteiger partial charge in [0.05, 0.1) is 10.6 Å². The third-order valence-electron chi connectivity index (χ3n) is 3.26. The van der Waals surface area contributed by atoms with Crippen molar-refractivity contribution >= 4 is 17.3 Å². The number of non-ortho nitro benzene ring substituents is 1. The number of nitrogens with zero attached hydrogens (tertiary/aromatic N) is 3. The Morgan fingerprint density at radius 2 is 2.17 bits per heavy atom. The highest BCUT2D eigenvalue weighted by Crippen LogP contribution is 2.22. The molecule has 1 heterocycles. The van der Waals surface area contributed by atoms with Crippen LogP contribution in [-0.2, 0) is 17.6 Å². The molecule has 0 radical (unpaired) electrons. The summed E-state index contributed by atoms with van der Waals surface area (Å²) in [6.45, 7) is 3.79. The largest absolute Gasteiger partial charge is 0.339 e. The molecule has 8 nitrogen and oxygen atoms in total. The van der Waals surface area contributed by atoms with Gasteiger partial charge in [0, 0.05) is 31.4 Å². The summed E-state index contributed by atoms with van der Waals surface area (Å²) in [5.74, 6) is 0.792. The topological polar surface area (TPSA) is 111 Å². The van der Waals surface area contributed by atoms with Gasteiger partial charge in [-0.15, -0.1) is 0 Å². The van der Waals surface area contributed by atoms with E-state index in [-0.39, 0.29) is 18.0 Å². The van der Waals surface area contributed by atoms with E-state index in [1.165, 1.54) is 12.1 Å². The number of nitrogens with one attached hydrogen (secondary N) is 1. The fourth-order valence-electron chi connectivity index (χ4n) is 2.01. The van der Waals surface area contributed by atoms with E-state index in [1.54, 1.807) is 13.0 Å². The van der Waals surface area contributed by atoms with Crippen molar-refractivity contribution in [2.45, 2.75) is 39.5 Å². The second-order valence-corrected chi connectivity index (χ2v) is 5.16. The average Bonchev–Trinajstić information content (AvgIpc) is 2.95. The zero-order valence-corrected chi connectivity index (χ0v) is 13.0. The van der Waals surface area contributed by atoms with Crippen LogP contribution in [-0.4, -0.2) is 21.0 Å². The predicted molar refractivity (Wildman–Crippen MR) is 83.1 cm³/mol. The highest BCUT2D eigenvalue weighted by atomic mass is 16.6. The molecule has 0 atom stereocenters. The Labute approximate surface area is 133 Å². The molecule has 0 aliphatic rings. The van der Waals surface area contributed by atoms with Gasteiger partial charge in [-0.3, -0.25) is 14.9 Å². The van der Waals surface area contributed by atoms with Crippen LogP contribution in [0.25, 0.3) is 0 Å². The molecule has 0 spiro atoms. The van der Waals surface area contributed by atoms with E-state index in [0.29, 0.717) is 23.8 Å². The van der Waals surface area contributed by atoms with Gasteiger partial charge in [0.15, 0.2) is 5.82 Å². The van der Waals surface area contributed by atoms with Crippen LogP contribution in [0.4, 0.5) is 11.4 Å². The fraction of sp³-hybridized carbons (Fsp3) is 0.400. The van der Waals surface area contributed by atoms with Gasteiger partial charge in [-0.1, -0.05) is 18.1 Å². The van der Waals surface area contributed by atoms with Crippen LogP contribution < -0.4 is 5.32 Å². The first-order valence-corrected chi connectivity index (χ1v) is 7.36. The van der Waals surface area contributed by atoms with Crippen LogP contribution in [0.15, 0.2) is 22.7 Å². The Morgan fingerprint density at radius 1 is 1.39 bits per heavy atom. The van der Waals surface area contributed by atoms with Crippen molar-refractivity contribution in [2.75, 3.05) is 5.32 Å². The lowest BCUT2D eigenvalue weighted by Crippen LogP contribution is -2.13. The normalized spacial score (nSPS) is 10.5. The first kappa shape index (κ1) is 16.6. The van der Waals surface area contributed by atoms with Crippen LogP contribution in [0.3, 0.4) is 0 Å². The first-order chi connectivity index (χ1) is 11.0. The molecule has 1 N–H and O–H groups in total. The molecule has 0 aliphatic carbocycles. The molecule has 0 saturated heterocycles. The number of nitro benzene ring substituents is 1. The molecule has 122 valence electrons. The maximum absolute atomic E-state index is 12.0. The third kappa shape index (κ3) is 4.60. The Bertz CT molecular complexity index is 711. The fourth-order valence-corrected chi connectivity index (χ4v) is 2.01. The lowest BCUT2D eigenvalue weighted by atomic mass is 10.1. The Balaban J connectivity index is 1.94. The Hall–Kier alpha value is -2.77. The summed E-state index contributed by atoms with van der Waals surface area (Å²) in [6.07, 6.45) is 2.15. The van der Waals surface area contributed by atoms with Gasteiger partial charge in [0.2, 0.25) is 11.8 Å². The van der Waals surface area contributed by atoms with Crippen molar-refractivity contribution in [3.8, 4) is 0 Å². The minimum absolute atomic E-state index is 0.0630. The lowest BCUT2D eigenvalue weighted by molar-refractivity contribution is -0.384. The van der Waals surface area contributed by atoms with Crippen LogP contribution in [0.5, 0.6) is 0 Å². The van der Waals surface area contributed by atoms with Crippen LogP contribution >= 0.6 is 0 Å². The molecule has 0 saturated carbocycles. The zero-order valence-electron chi connectivity index (χ0n) is 13.0. The van der Waals surface area contributed by atoms with Crippen LogP contribution in [0.2, 0.25) is 0 Å². The quantitative estimate of drug-likeness (QED) is 0.620. The molecule has 23 heavy (non-hydrogen) atoms. The van der Waals surface area contributed by atoms with Crippen molar-refractivity contribution in [2.24, 2.45) is 0 Å². The summed E-state index contributed by atoms with van der Waals surface area (Å²) in [7, 11) is 0. The molecule has 0 bridgehead atoms. The molecule has 0 unspecified atom stereocenters. The number of hydrogen-bond donors (Lipinski definition) is 1. The van der Waals surface area contributed by atoms with Crippen molar-refractivity contribution < 1.29 is 14.2 Å². The average molecular weight is 318 g/mol. The van der Waals surface area contributed by atoms with Gasteiger partial charge in [0.25, 0.3) is 5.69 Å². The molecule has 0 fully saturated rings. The molecule has 1 aromatic carbocycles. The van der Waals surface area contributed by atoms with E-state index in [4.69, 9.17) is 4.52 Å². The smallest absolute Gasteiger partial charge is 0.271 e. The van der Waals surface area contributed by atoms with E-state index in [2.05, 4.69) is 15.5 Å². The van der Waals surface area contributed by atoms with Crippen LogP contribution in [0, 0.1) is 17.0 Å². The second kappa shape index (κ2) is 7.48. The van der Waals surface area contributed by atoms with Gasteiger partial charge >= 0.3 is 0 Å². The number of aromatic nitrogens is 2. The zero-order chi connectivity index (χ0) is 16.8. The second-order valence-electron chi connectivity index (χ2n) is 5.16. The van der Waals surface area contributed by atoms with Gasteiger partial charge < -0.3 is 9.84 Å². The van der Waals surface area contributed by atoms with Crippen molar-refractivity contribution in [1.82, 2.24) is 10.1 Å². The standard InChI is InChI=1S/C15H18N4O4/c1-3-4-13-17-15(23-18-13)8-7-14(20)16-12-9-11(19(21)22)6-5-10(12)2/h5-6,9H,3-4,7-8H2,1-2H3,(H,16,20). The number of amides is 1. The number of anilines is 1. The Kier molecular flexibility index (Phi) is 5.40. The van der Waals surface area contributed by atoms with Gasteiger partial charge in [-0.25, -0.2) is 0 Å². The van der Waals surface area contributed by atoms with Crippen molar-refractivity contribution in [3.05, 3.63) is 45.6 Å². The minimum Gasteiger partial charge on any atom is -0.339 e. The highest BCUT2D eigenvalue weighted by molar-refractivity contribution is 5.91. The van der Waals surface area contributed by atoms with Gasteiger partial charge in [-0.2, -0.15) is 4.98 Å². The first-order valence-electron chi connectivity index (χ1n) is 7.36. The van der Waals surface area contributed by atoms with Crippen molar-refractivity contribution in [3.63, 3.8) is 0 Å². The molecular formula is C15H18N4O4. The predicted octanol–water partition coefficient (Wildman–Crippen LogP) is 2.81. The summed E-state index contributed by atoms with van der Waals surface area (Å²) in [6, 6.07) is 4.35. The van der Waals surface area contributed by atoms with E-state index in [0.717, 1.165) is 18.4 Å². The summed E-state index contributed by atoms with van der Waals surface area (Å²) in [5.41, 5.74) is 1.13. The van der Waals surface area contributed by atoms with E-state index >= 15 is 0 Å². The number of benzene rings is 1. The van der Waals surface area contributed by atoms with Crippen molar-refractivity contribution in [1.29, 1.82) is 0 Å². The number of nitro groups is 1. The minimum atomic E-state index is -0.497. The molecule has 0 aliphatic heterocycles. The highest BCUT2D eigenvalue weighted by Gasteiger charge is 2.12. The number of hydrogen-bond acceptors (Lipinski definition) is 6. The maximum atomic E-state index is 12.0. The van der Waals surface area contributed by atoms with E-state index < -0.39 is 4.92 Å². The van der Waals surface area contributed by atoms with Crippen LogP contribution in [0.1, 0.15) is 37.0 Å². The summed E-state index contributed by atoms with van der Waals surface area (Å²) in [4.78, 5) is 26.5.